The van der Waals surface area contributed by atoms with Crippen LogP contribution in [0, 0.1) is 0 Å². The molecule has 7 nitrogen and oxygen atoms in total. The van der Waals surface area contributed by atoms with Gasteiger partial charge in [0.2, 0.25) is 5.91 Å². The summed E-state index contributed by atoms with van der Waals surface area (Å²) in [5.74, 6) is 0.671. The highest BCUT2D eigenvalue weighted by molar-refractivity contribution is 7.98. The van der Waals surface area contributed by atoms with E-state index < -0.39 is 11.5 Å². The van der Waals surface area contributed by atoms with Gasteiger partial charge in [0, 0.05) is 12.2 Å². The molecule has 0 aliphatic heterocycles. The Morgan fingerprint density at radius 2 is 2.00 bits per heavy atom. The van der Waals surface area contributed by atoms with Gasteiger partial charge in [-0.15, -0.1) is 0 Å². The first-order valence-electron chi connectivity index (χ1n) is 9.06. The van der Waals surface area contributed by atoms with E-state index in [1.165, 1.54) is 11.8 Å². The Labute approximate surface area is 161 Å². The molecule has 1 aliphatic carbocycles. The van der Waals surface area contributed by atoms with Gasteiger partial charge in [0.25, 0.3) is 5.56 Å². The van der Waals surface area contributed by atoms with E-state index in [9.17, 15) is 14.4 Å². The van der Waals surface area contributed by atoms with Crippen LogP contribution in [0.15, 0.2) is 29.1 Å². The van der Waals surface area contributed by atoms with Crippen LogP contribution in [0.25, 0.3) is 10.9 Å². The number of carbonyl (C=O) groups excluding carboxylic acids is 1. The molecule has 0 unspecified atom stereocenters. The number of thioether (sulfide) groups is 1. The summed E-state index contributed by atoms with van der Waals surface area (Å²) in [6, 6.07) is 7.17. The Morgan fingerprint density at radius 1 is 1.26 bits per heavy atom. The molecule has 0 spiro atoms. The zero-order valence-electron chi connectivity index (χ0n) is 15.0. The van der Waals surface area contributed by atoms with Crippen LogP contribution in [-0.4, -0.2) is 38.2 Å². The molecular formula is C19H23N3O4S. The maximum atomic E-state index is 12.2. The number of amides is 1. The number of carboxylic acid groups (broad SMARTS) is 1. The summed E-state index contributed by atoms with van der Waals surface area (Å²) in [4.78, 5) is 42.6. The predicted octanol–water partition coefficient (Wildman–Crippen LogP) is 2.45. The van der Waals surface area contributed by atoms with Crippen molar-refractivity contribution in [3.8, 4) is 0 Å². The number of para-hydroxylation sites is 1. The molecule has 0 saturated heterocycles. The van der Waals surface area contributed by atoms with E-state index in [0.717, 1.165) is 25.7 Å². The van der Waals surface area contributed by atoms with Gasteiger partial charge in [-0.25, -0.2) is 4.98 Å². The fourth-order valence-electron chi connectivity index (χ4n) is 3.58. The van der Waals surface area contributed by atoms with Gasteiger partial charge in [0.15, 0.2) is 0 Å². The van der Waals surface area contributed by atoms with Crippen molar-refractivity contribution < 1.29 is 14.7 Å². The van der Waals surface area contributed by atoms with Crippen molar-refractivity contribution in [3.63, 3.8) is 0 Å². The lowest BCUT2D eigenvalue weighted by Crippen LogP contribution is -2.47. The lowest BCUT2D eigenvalue weighted by Gasteiger charge is -2.28. The van der Waals surface area contributed by atoms with Crippen molar-refractivity contribution in [2.75, 3.05) is 5.75 Å². The maximum absolute atomic E-state index is 12.2. The number of rotatable bonds is 8. The summed E-state index contributed by atoms with van der Waals surface area (Å²) in [6.07, 6.45) is 3.63. The molecule has 8 heteroatoms. The molecule has 0 atom stereocenters. The van der Waals surface area contributed by atoms with Gasteiger partial charge in [-0.1, -0.05) is 25.0 Å². The summed E-state index contributed by atoms with van der Waals surface area (Å²) in [5, 5.41) is 12.6. The van der Waals surface area contributed by atoms with Crippen molar-refractivity contribution in [2.24, 2.45) is 0 Å². The number of hydrogen-bond donors (Lipinski definition) is 3. The molecule has 1 amide bonds. The number of aromatic amines is 1. The second-order valence-corrected chi connectivity index (χ2v) is 8.04. The standard InChI is InChI=1S/C19H23N3O4S/c23-16(22-19(11-17(24)25)8-3-4-9-19)7-10-27-12-15-20-14-6-2-1-5-13(14)18(26)21-15/h1-2,5-6H,3-4,7-12H2,(H,22,23)(H,24,25)(H,20,21,26). The second-order valence-electron chi connectivity index (χ2n) is 6.94. The van der Waals surface area contributed by atoms with E-state index in [-0.39, 0.29) is 17.9 Å². The van der Waals surface area contributed by atoms with Gasteiger partial charge < -0.3 is 15.4 Å². The van der Waals surface area contributed by atoms with Crippen molar-refractivity contribution >= 4 is 34.5 Å². The summed E-state index contributed by atoms with van der Waals surface area (Å²) in [5.41, 5.74) is -0.0872. The number of fused-ring (bicyclic) bond motifs is 1. The van der Waals surface area contributed by atoms with Crippen LogP contribution in [0.5, 0.6) is 0 Å². The molecule has 1 heterocycles. The molecular weight excluding hydrogens is 366 g/mol. The first kappa shape index (κ1) is 19.4. The third-order valence-corrected chi connectivity index (χ3v) is 5.80. The van der Waals surface area contributed by atoms with Gasteiger partial charge in [-0.3, -0.25) is 14.4 Å². The van der Waals surface area contributed by atoms with Crippen LogP contribution in [0.2, 0.25) is 0 Å². The summed E-state index contributed by atoms with van der Waals surface area (Å²) < 4.78 is 0. The number of benzene rings is 1. The highest BCUT2D eigenvalue weighted by atomic mass is 32.2. The van der Waals surface area contributed by atoms with Crippen molar-refractivity contribution in [1.29, 1.82) is 0 Å². The number of carbonyl (C=O) groups is 2. The van der Waals surface area contributed by atoms with Crippen molar-refractivity contribution in [3.05, 3.63) is 40.4 Å². The topological polar surface area (TPSA) is 112 Å². The summed E-state index contributed by atoms with van der Waals surface area (Å²) in [7, 11) is 0. The number of nitrogens with zero attached hydrogens (tertiary/aromatic N) is 1. The Morgan fingerprint density at radius 3 is 2.74 bits per heavy atom. The van der Waals surface area contributed by atoms with Crippen LogP contribution in [0.4, 0.5) is 0 Å². The Hall–Kier alpha value is -2.35. The lowest BCUT2D eigenvalue weighted by atomic mass is 9.93. The quantitative estimate of drug-likeness (QED) is 0.598. The number of carboxylic acids is 1. The Bertz CT molecular complexity index is 890. The number of hydrogen-bond acceptors (Lipinski definition) is 5. The van der Waals surface area contributed by atoms with Crippen LogP contribution < -0.4 is 10.9 Å². The fraction of sp³-hybridized carbons (Fsp3) is 0.474. The second kappa shape index (κ2) is 8.56. The van der Waals surface area contributed by atoms with Crippen LogP contribution in [0.1, 0.15) is 44.3 Å². The predicted molar refractivity (Wildman–Crippen MR) is 105 cm³/mol. The largest absolute Gasteiger partial charge is 0.481 e. The monoisotopic (exact) mass is 389 g/mol. The Kier molecular flexibility index (Phi) is 6.15. The molecule has 144 valence electrons. The van der Waals surface area contributed by atoms with Gasteiger partial charge in [-0.05, 0) is 25.0 Å². The molecule has 1 aromatic heterocycles. The summed E-state index contributed by atoms with van der Waals surface area (Å²) in [6.45, 7) is 0. The zero-order chi connectivity index (χ0) is 19.3. The van der Waals surface area contributed by atoms with E-state index in [0.29, 0.717) is 34.7 Å². The van der Waals surface area contributed by atoms with E-state index in [1.807, 2.05) is 6.07 Å². The van der Waals surface area contributed by atoms with Gasteiger partial charge >= 0.3 is 5.97 Å². The average Bonchev–Trinajstić information content (AvgIpc) is 3.06. The first-order valence-corrected chi connectivity index (χ1v) is 10.2. The van der Waals surface area contributed by atoms with Crippen molar-refractivity contribution in [1.82, 2.24) is 15.3 Å². The third-order valence-electron chi connectivity index (χ3n) is 4.83. The molecule has 1 aliphatic rings. The molecule has 0 radical (unpaired) electrons. The van der Waals surface area contributed by atoms with Gasteiger partial charge in [-0.2, -0.15) is 11.8 Å². The number of nitrogens with one attached hydrogen (secondary N) is 2. The zero-order valence-corrected chi connectivity index (χ0v) is 15.8. The SMILES string of the molecule is O=C(O)CC1(NC(=O)CCSCc2nc3ccccc3c(=O)[nH]2)CCCC1. The number of H-pyrrole nitrogens is 1. The minimum Gasteiger partial charge on any atom is -0.481 e. The molecule has 1 saturated carbocycles. The lowest BCUT2D eigenvalue weighted by molar-refractivity contribution is -0.139. The number of aromatic nitrogens is 2. The minimum absolute atomic E-state index is 0.0197. The highest BCUT2D eigenvalue weighted by Crippen LogP contribution is 2.32. The molecule has 1 aromatic carbocycles. The van der Waals surface area contributed by atoms with Crippen molar-refractivity contribution in [2.45, 2.75) is 49.8 Å². The van der Waals surface area contributed by atoms with E-state index in [2.05, 4.69) is 15.3 Å². The van der Waals surface area contributed by atoms with Crippen LogP contribution in [0.3, 0.4) is 0 Å². The molecule has 2 aromatic rings. The molecule has 3 N–H and O–H groups in total. The third kappa shape index (κ3) is 5.09. The first-order chi connectivity index (χ1) is 13.0. The molecule has 0 bridgehead atoms. The van der Waals surface area contributed by atoms with E-state index in [1.54, 1.807) is 18.2 Å². The molecule has 27 heavy (non-hydrogen) atoms. The average molecular weight is 389 g/mol. The van der Waals surface area contributed by atoms with Gasteiger partial charge in [0.05, 0.1) is 28.6 Å². The fourth-order valence-corrected chi connectivity index (χ4v) is 4.39. The number of aliphatic carboxylic acids is 1. The smallest absolute Gasteiger partial charge is 0.305 e. The van der Waals surface area contributed by atoms with Gasteiger partial charge in [0.1, 0.15) is 5.82 Å². The van der Waals surface area contributed by atoms with E-state index >= 15 is 0 Å². The summed E-state index contributed by atoms with van der Waals surface area (Å²) >= 11 is 1.51. The molecule has 1 fully saturated rings. The Balaban J connectivity index is 1.49. The normalized spacial score (nSPS) is 15.7. The minimum atomic E-state index is -0.877. The van der Waals surface area contributed by atoms with Crippen LogP contribution in [-0.2, 0) is 15.3 Å². The van der Waals surface area contributed by atoms with Crippen LogP contribution >= 0.6 is 11.8 Å². The molecule has 3 rings (SSSR count). The maximum Gasteiger partial charge on any atom is 0.305 e. The highest BCUT2D eigenvalue weighted by Gasteiger charge is 2.37. The van der Waals surface area contributed by atoms with E-state index in [4.69, 9.17) is 5.11 Å².